The molecule has 0 aliphatic heterocycles. The maximum atomic E-state index is 10.9. The molecular weight excluding hydrogens is 350 g/mol. The Morgan fingerprint density at radius 1 is 1.04 bits per heavy atom. The highest BCUT2D eigenvalue weighted by molar-refractivity contribution is 5.87. The predicted octanol–water partition coefficient (Wildman–Crippen LogP) is 5.09. The van der Waals surface area contributed by atoms with Gasteiger partial charge in [0.15, 0.2) is 0 Å². The Morgan fingerprint density at radius 3 is 2.46 bits per heavy atom. The lowest BCUT2D eigenvalue weighted by atomic mass is 10.1. The minimum Gasteiger partial charge on any atom is -0.489 e. The molecule has 3 rings (SSSR count). The Balaban J connectivity index is 1.71. The van der Waals surface area contributed by atoms with Gasteiger partial charge < -0.3 is 9.84 Å². The number of carboxylic acids is 1. The fraction of sp³-hybridized carbons (Fsp3) is 0.0833. The molecule has 3 aromatic rings. The molecule has 4 nitrogen and oxygen atoms in total. The molecule has 4 heteroatoms. The van der Waals surface area contributed by atoms with Crippen molar-refractivity contribution in [2.24, 2.45) is 0 Å². The van der Waals surface area contributed by atoms with Gasteiger partial charge in [-0.05, 0) is 47.4 Å². The van der Waals surface area contributed by atoms with E-state index in [1.165, 1.54) is 0 Å². The van der Waals surface area contributed by atoms with Gasteiger partial charge in [-0.2, -0.15) is 5.26 Å². The lowest BCUT2D eigenvalue weighted by molar-refractivity contribution is 0.0697. The van der Waals surface area contributed by atoms with E-state index in [4.69, 9.17) is 15.1 Å². The number of aromatic carboxylic acids is 1. The Morgan fingerprint density at radius 2 is 1.79 bits per heavy atom. The van der Waals surface area contributed by atoms with Crippen LogP contribution in [0.25, 0.3) is 6.08 Å². The van der Waals surface area contributed by atoms with Crippen molar-refractivity contribution in [3.8, 4) is 11.8 Å². The maximum Gasteiger partial charge on any atom is 0.335 e. The van der Waals surface area contributed by atoms with E-state index in [1.807, 2.05) is 48.6 Å². The average Bonchev–Trinajstić information content (AvgIpc) is 2.74. The first-order valence-electron chi connectivity index (χ1n) is 8.85. The van der Waals surface area contributed by atoms with Crippen LogP contribution >= 0.6 is 0 Å². The van der Waals surface area contributed by atoms with E-state index in [-0.39, 0.29) is 5.56 Å². The minimum absolute atomic E-state index is 0.265. The molecule has 0 radical (unpaired) electrons. The largest absolute Gasteiger partial charge is 0.489 e. The molecule has 3 aromatic carbocycles. The lowest BCUT2D eigenvalue weighted by Crippen LogP contribution is -1.99. The van der Waals surface area contributed by atoms with Crippen molar-refractivity contribution in [3.63, 3.8) is 0 Å². The van der Waals surface area contributed by atoms with Gasteiger partial charge in [-0.15, -0.1) is 0 Å². The number of nitrogens with zero attached hydrogens (tertiary/aromatic N) is 1. The molecule has 0 atom stereocenters. The van der Waals surface area contributed by atoms with Crippen LogP contribution in [0.5, 0.6) is 5.75 Å². The molecule has 0 bridgehead atoms. The molecule has 0 amide bonds. The molecule has 138 valence electrons. The van der Waals surface area contributed by atoms with Gasteiger partial charge >= 0.3 is 5.97 Å². The summed E-state index contributed by atoms with van der Waals surface area (Å²) in [7, 11) is 0. The molecule has 28 heavy (non-hydrogen) atoms. The zero-order valence-electron chi connectivity index (χ0n) is 15.2. The van der Waals surface area contributed by atoms with Crippen molar-refractivity contribution in [3.05, 3.63) is 107 Å². The number of allylic oxidation sites excluding steroid dienone is 1. The predicted molar refractivity (Wildman–Crippen MR) is 108 cm³/mol. The van der Waals surface area contributed by atoms with Gasteiger partial charge in [0.2, 0.25) is 0 Å². The Hall–Kier alpha value is -3.84. The third-order valence-corrected chi connectivity index (χ3v) is 4.24. The van der Waals surface area contributed by atoms with E-state index in [1.54, 1.807) is 36.4 Å². The van der Waals surface area contributed by atoms with Gasteiger partial charge in [-0.1, -0.05) is 60.7 Å². The van der Waals surface area contributed by atoms with Crippen LogP contribution < -0.4 is 4.74 Å². The summed E-state index contributed by atoms with van der Waals surface area (Å²) in [4.78, 5) is 10.9. The van der Waals surface area contributed by atoms with Crippen LogP contribution in [-0.2, 0) is 13.0 Å². The summed E-state index contributed by atoms with van der Waals surface area (Å²) in [5, 5.41) is 18.1. The minimum atomic E-state index is -0.937. The molecule has 1 N–H and O–H groups in total. The van der Waals surface area contributed by atoms with Crippen LogP contribution in [-0.4, -0.2) is 11.1 Å². The summed E-state index contributed by atoms with van der Waals surface area (Å²) in [5.74, 6) is -0.248. The van der Waals surface area contributed by atoms with Crippen molar-refractivity contribution in [1.82, 2.24) is 0 Å². The Bertz CT molecular complexity index is 1020. The summed E-state index contributed by atoms with van der Waals surface area (Å²) in [6, 6.07) is 24.2. The van der Waals surface area contributed by atoms with Gasteiger partial charge in [0.1, 0.15) is 12.4 Å². The first-order valence-corrected chi connectivity index (χ1v) is 8.85. The van der Waals surface area contributed by atoms with Crippen molar-refractivity contribution in [2.45, 2.75) is 13.0 Å². The van der Waals surface area contributed by atoms with E-state index in [9.17, 15) is 4.79 Å². The topological polar surface area (TPSA) is 70.3 Å². The molecule has 0 heterocycles. The van der Waals surface area contributed by atoms with Crippen molar-refractivity contribution in [1.29, 1.82) is 5.26 Å². The monoisotopic (exact) mass is 369 g/mol. The highest BCUT2D eigenvalue weighted by Gasteiger charge is 2.05. The van der Waals surface area contributed by atoms with E-state index in [2.05, 4.69) is 6.07 Å². The number of benzene rings is 3. The molecular formula is C24H19NO3. The van der Waals surface area contributed by atoms with Crippen molar-refractivity contribution >= 4 is 12.0 Å². The smallest absolute Gasteiger partial charge is 0.335 e. The lowest BCUT2D eigenvalue weighted by Gasteiger charge is -2.11. The van der Waals surface area contributed by atoms with E-state index in [0.29, 0.717) is 24.3 Å². The van der Waals surface area contributed by atoms with Crippen LogP contribution in [0.15, 0.2) is 78.9 Å². The summed E-state index contributed by atoms with van der Waals surface area (Å²) >= 11 is 0. The van der Waals surface area contributed by atoms with Crippen LogP contribution in [0.4, 0.5) is 0 Å². The summed E-state index contributed by atoms with van der Waals surface area (Å²) in [6.45, 7) is 0.434. The fourth-order valence-electron chi connectivity index (χ4n) is 2.72. The number of carbonyl (C=O) groups is 1. The number of ether oxygens (including phenoxy) is 1. The third-order valence-electron chi connectivity index (χ3n) is 4.24. The fourth-order valence-corrected chi connectivity index (χ4v) is 2.72. The summed E-state index contributed by atoms with van der Waals surface area (Å²) in [6.07, 6.45) is 4.56. The van der Waals surface area contributed by atoms with Gasteiger partial charge in [0, 0.05) is 0 Å². The zero-order chi connectivity index (χ0) is 19.8. The second-order valence-corrected chi connectivity index (χ2v) is 6.24. The molecule has 0 saturated heterocycles. The van der Waals surface area contributed by atoms with Gasteiger partial charge in [0.05, 0.1) is 17.2 Å². The van der Waals surface area contributed by atoms with Gasteiger partial charge in [0.25, 0.3) is 0 Å². The van der Waals surface area contributed by atoms with Crippen molar-refractivity contribution < 1.29 is 14.6 Å². The molecule has 0 aliphatic carbocycles. The van der Waals surface area contributed by atoms with E-state index in [0.717, 1.165) is 16.7 Å². The molecule has 0 saturated carbocycles. The Labute approximate surface area is 164 Å². The number of nitriles is 1. The third kappa shape index (κ3) is 5.09. The maximum absolute atomic E-state index is 10.9. The second-order valence-electron chi connectivity index (χ2n) is 6.24. The quantitative estimate of drug-likeness (QED) is 0.630. The molecule has 0 unspecified atom stereocenters. The summed E-state index contributed by atoms with van der Waals surface area (Å²) in [5.41, 5.74) is 3.78. The zero-order valence-corrected chi connectivity index (χ0v) is 15.2. The number of hydrogen-bond acceptors (Lipinski definition) is 3. The van der Waals surface area contributed by atoms with Crippen LogP contribution in [0.2, 0.25) is 0 Å². The second kappa shape index (κ2) is 9.20. The number of hydrogen-bond donors (Lipinski definition) is 1. The van der Waals surface area contributed by atoms with Crippen LogP contribution in [0.3, 0.4) is 0 Å². The van der Waals surface area contributed by atoms with Crippen molar-refractivity contribution in [2.75, 3.05) is 0 Å². The molecule has 0 spiro atoms. The highest BCUT2D eigenvalue weighted by Crippen LogP contribution is 2.23. The normalized spacial score (nSPS) is 10.5. The highest BCUT2D eigenvalue weighted by atomic mass is 16.5. The van der Waals surface area contributed by atoms with Gasteiger partial charge in [-0.3, -0.25) is 0 Å². The molecule has 0 aliphatic rings. The van der Waals surface area contributed by atoms with Crippen LogP contribution in [0, 0.1) is 11.3 Å². The average molecular weight is 369 g/mol. The molecule has 0 aromatic heterocycles. The first kappa shape index (κ1) is 18.9. The van der Waals surface area contributed by atoms with E-state index < -0.39 is 5.97 Å². The molecule has 0 fully saturated rings. The van der Waals surface area contributed by atoms with Crippen LogP contribution in [0.1, 0.15) is 32.6 Å². The van der Waals surface area contributed by atoms with E-state index >= 15 is 0 Å². The first-order chi connectivity index (χ1) is 13.7. The number of rotatable bonds is 7. The van der Waals surface area contributed by atoms with Gasteiger partial charge in [-0.25, -0.2) is 4.79 Å². The standard InChI is InChI=1S/C24H19NO3/c25-16-20-11-12-21(23(15-20)28-17-19-5-2-1-3-6-19)8-4-7-18-9-13-22(14-10-18)24(26)27/h1-7,9-15H,8,17H2,(H,26,27). The SMILES string of the molecule is N#Cc1ccc(CC=Cc2ccc(C(=O)O)cc2)c(OCc2ccccc2)c1. The number of carboxylic acid groups (broad SMARTS) is 1. The summed E-state index contributed by atoms with van der Waals surface area (Å²) < 4.78 is 5.96. The Kier molecular flexibility index (Phi) is 6.22.